The van der Waals surface area contributed by atoms with Crippen molar-refractivity contribution in [3.63, 3.8) is 0 Å². The molecule has 0 aromatic carbocycles. The summed E-state index contributed by atoms with van der Waals surface area (Å²) in [6.07, 6.45) is -0.795. The SMILES string of the molecule is C=C(CC(=O)OC(C)S(=O)(=O)O)C(=O)OC(C)S(=O)(=O)O. The van der Waals surface area contributed by atoms with Gasteiger partial charge in [0.15, 0.2) is 0 Å². The molecule has 0 rings (SSSR count). The fourth-order valence-electron chi connectivity index (χ4n) is 0.829. The molecule has 122 valence electrons. The number of esters is 2. The molecule has 2 unspecified atom stereocenters. The van der Waals surface area contributed by atoms with Gasteiger partial charge in [-0.15, -0.1) is 0 Å². The first-order chi connectivity index (χ1) is 9.25. The minimum absolute atomic E-state index is 0.530. The Balaban J connectivity index is 4.57. The Morgan fingerprint density at radius 1 is 1.00 bits per heavy atom. The molecule has 0 aromatic rings. The van der Waals surface area contributed by atoms with Gasteiger partial charge in [-0.1, -0.05) is 6.58 Å². The summed E-state index contributed by atoms with van der Waals surface area (Å²) in [5.41, 5.74) is -4.24. The lowest BCUT2D eigenvalue weighted by atomic mass is 10.2. The van der Waals surface area contributed by atoms with Crippen molar-refractivity contribution in [2.24, 2.45) is 0 Å². The number of carbonyl (C=O) groups is 2. The van der Waals surface area contributed by atoms with Crippen LogP contribution < -0.4 is 0 Å². The van der Waals surface area contributed by atoms with Crippen LogP contribution in [0.5, 0.6) is 0 Å². The molecular weight excluding hydrogens is 332 g/mol. The zero-order valence-electron chi connectivity index (χ0n) is 11.0. The molecule has 0 heterocycles. The molecule has 2 atom stereocenters. The Morgan fingerprint density at radius 3 is 1.76 bits per heavy atom. The van der Waals surface area contributed by atoms with Gasteiger partial charge >= 0.3 is 32.2 Å². The van der Waals surface area contributed by atoms with Gasteiger partial charge in [0.1, 0.15) is 0 Å². The molecule has 0 fully saturated rings. The Morgan fingerprint density at radius 2 is 1.38 bits per heavy atom. The van der Waals surface area contributed by atoms with Crippen LogP contribution in [0.3, 0.4) is 0 Å². The number of carbonyl (C=O) groups excluding carboxylic acids is 2. The maximum absolute atomic E-state index is 11.3. The van der Waals surface area contributed by atoms with E-state index in [1.807, 2.05) is 0 Å². The average molecular weight is 346 g/mol. The molecule has 12 heteroatoms. The minimum Gasteiger partial charge on any atom is -0.443 e. The monoisotopic (exact) mass is 346 g/mol. The summed E-state index contributed by atoms with van der Waals surface area (Å²) in [6, 6.07) is 0. The maximum atomic E-state index is 11.3. The lowest BCUT2D eigenvalue weighted by Crippen LogP contribution is -2.27. The predicted molar refractivity (Wildman–Crippen MR) is 68.0 cm³/mol. The molecule has 0 amide bonds. The van der Waals surface area contributed by atoms with E-state index < -0.39 is 55.0 Å². The summed E-state index contributed by atoms with van der Waals surface area (Å²) in [4.78, 5) is 22.6. The summed E-state index contributed by atoms with van der Waals surface area (Å²) in [6.45, 7) is 4.89. The number of ether oxygens (including phenoxy) is 2. The molecule has 0 aromatic heterocycles. The van der Waals surface area contributed by atoms with E-state index in [0.29, 0.717) is 0 Å². The van der Waals surface area contributed by atoms with Gasteiger partial charge in [0, 0.05) is 5.57 Å². The van der Waals surface area contributed by atoms with Gasteiger partial charge in [0.2, 0.25) is 10.9 Å². The number of hydrogen-bond donors (Lipinski definition) is 2. The van der Waals surface area contributed by atoms with Crippen molar-refractivity contribution in [2.45, 2.75) is 31.1 Å². The highest BCUT2D eigenvalue weighted by Crippen LogP contribution is 2.10. The molecule has 2 N–H and O–H groups in total. The van der Waals surface area contributed by atoms with Crippen molar-refractivity contribution in [2.75, 3.05) is 0 Å². The largest absolute Gasteiger partial charge is 0.443 e. The van der Waals surface area contributed by atoms with Gasteiger partial charge in [-0.25, -0.2) is 4.79 Å². The number of rotatable bonds is 7. The Hall–Kier alpha value is -1.50. The topological polar surface area (TPSA) is 161 Å². The van der Waals surface area contributed by atoms with Crippen LogP contribution in [0.15, 0.2) is 12.2 Å². The lowest BCUT2D eigenvalue weighted by molar-refractivity contribution is -0.147. The summed E-state index contributed by atoms with van der Waals surface area (Å²) in [7, 11) is -9.20. The molecule has 0 radical (unpaired) electrons. The van der Waals surface area contributed by atoms with Crippen LogP contribution in [0, 0.1) is 0 Å². The van der Waals surface area contributed by atoms with Crippen LogP contribution in [0.2, 0.25) is 0 Å². The molecule has 0 aliphatic carbocycles. The van der Waals surface area contributed by atoms with E-state index in [2.05, 4.69) is 16.1 Å². The summed E-state index contributed by atoms with van der Waals surface area (Å²) in [5, 5.41) is 0. The first-order valence-corrected chi connectivity index (χ1v) is 8.26. The van der Waals surface area contributed by atoms with Gasteiger partial charge in [-0.05, 0) is 13.8 Å². The minimum atomic E-state index is -4.61. The Labute approximate surface area is 121 Å². The van der Waals surface area contributed by atoms with Crippen molar-refractivity contribution < 1.29 is 45.0 Å². The Kier molecular flexibility index (Phi) is 6.48. The van der Waals surface area contributed by atoms with Crippen LogP contribution >= 0.6 is 0 Å². The van der Waals surface area contributed by atoms with Crippen molar-refractivity contribution in [3.05, 3.63) is 12.2 Å². The molecule has 0 bridgehead atoms. The standard InChI is InChI=1S/C9H14O10S2/c1-5(9(11)19-7(3)21(15,16)17)4-8(10)18-6(2)20(12,13)14/h6-7H,1,4H2,2-3H3,(H,12,13,14)(H,15,16,17). The van der Waals surface area contributed by atoms with E-state index in [1.165, 1.54) is 0 Å². The van der Waals surface area contributed by atoms with Crippen molar-refractivity contribution in [3.8, 4) is 0 Å². The van der Waals surface area contributed by atoms with E-state index in [0.717, 1.165) is 13.8 Å². The molecular formula is C9H14O10S2. The molecule has 0 spiro atoms. The maximum Gasteiger partial charge on any atom is 0.335 e. The molecule has 21 heavy (non-hydrogen) atoms. The highest BCUT2D eigenvalue weighted by atomic mass is 32.2. The van der Waals surface area contributed by atoms with Crippen molar-refractivity contribution in [1.82, 2.24) is 0 Å². The zero-order valence-corrected chi connectivity index (χ0v) is 12.7. The van der Waals surface area contributed by atoms with Gasteiger partial charge in [-0.2, -0.15) is 16.8 Å². The van der Waals surface area contributed by atoms with Crippen molar-refractivity contribution in [1.29, 1.82) is 0 Å². The Bertz CT molecular complexity index is 629. The molecule has 10 nitrogen and oxygen atoms in total. The quantitative estimate of drug-likeness (QED) is 0.348. The molecule has 0 saturated heterocycles. The fraction of sp³-hybridized carbons (Fsp3) is 0.556. The van der Waals surface area contributed by atoms with E-state index >= 15 is 0 Å². The average Bonchev–Trinajstić information content (AvgIpc) is 2.25. The van der Waals surface area contributed by atoms with Crippen molar-refractivity contribution >= 4 is 32.2 Å². The predicted octanol–water partition coefficient (Wildman–Crippen LogP) is -0.513. The fourth-order valence-corrected chi connectivity index (χ4v) is 1.27. The first-order valence-electron chi connectivity index (χ1n) is 5.26. The summed E-state index contributed by atoms with van der Waals surface area (Å²) >= 11 is 0. The second-order valence-electron chi connectivity index (χ2n) is 3.84. The first kappa shape index (κ1) is 19.5. The molecule has 0 aliphatic rings. The second-order valence-corrected chi connectivity index (χ2v) is 7.23. The summed E-state index contributed by atoms with van der Waals surface area (Å²) in [5.74, 6) is -2.50. The second kappa shape index (κ2) is 6.98. The van der Waals surface area contributed by atoms with Gasteiger partial charge in [0.05, 0.1) is 6.42 Å². The van der Waals surface area contributed by atoms with Gasteiger partial charge < -0.3 is 9.47 Å². The number of hydrogen-bond acceptors (Lipinski definition) is 8. The van der Waals surface area contributed by atoms with E-state index in [9.17, 15) is 26.4 Å². The van der Waals surface area contributed by atoms with Crippen LogP contribution in [-0.4, -0.2) is 48.8 Å². The highest BCUT2D eigenvalue weighted by molar-refractivity contribution is 7.86. The van der Waals surface area contributed by atoms with E-state index in [4.69, 9.17) is 9.11 Å². The molecule has 0 aliphatic heterocycles. The zero-order chi connectivity index (χ0) is 17.0. The van der Waals surface area contributed by atoms with Gasteiger partial charge in [-0.3, -0.25) is 13.9 Å². The van der Waals surface area contributed by atoms with Crippen LogP contribution in [0.4, 0.5) is 0 Å². The smallest absolute Gasteiger partial charge is 0.335 e. The highest BCUT2D eigenvalue weighted by Gasteiger charge is 2.26. The normalized spacial score (nSPS) is 14.9. The van der Waals surface area contributed by atoms with Crippen LogP contribution in [0.1, 0.15) is 20.3 Å². The third-order valence-electron chi connectivity index (χ3n) is 2.06. The third-order valence-corrected chi connectivity index (χ3v) is 3.93. The van der Waals surface area contributed by atoms with E-state index in [-0.39, 0.29) is 0 Å². The molecule has 0 saturated carbocycles. The summed E-state index contributed by atoms with van der Waals surface area (Å²) < 4.78 is 68.2. The van der Waals surface area contributed by atoms with E-state index in [1.54, 1.807) is 0 Å². The lowest BCUT2D eigenvalue weighted by Gasteiger charge is -2.12. The third kappa shape index (κ3) is 7.17. The van der Waals surface area contributed by atoms with Crippen LogP contribution in [0.25, 0.3) is 0 Å². The van der Waals surface area contributed by atoms with Gasteiger partial charge in [0.25, 0.3) is 0 Å². The van der Waals surface area contributed by atoms with Crippen LogP contribution in [-0.2, 0) is 39.3 Å².